The lowest BCUT2D eigenvalue weighted by Crippen LogP contribution is -2.33. The molecule has 0 amide bonds. The molecule has 0 saturated heterocycles. The molecular weight excluding hydrogens is 201 g/mol. The van der Waals surface area contributed by atoms with Crippen LogP contribution in [0.3, 0.4) is 0 Å². The topological polar surface area (TPSA) is 12.0 Å². The quantitative estimate of drug-likeness (QED) is 0.805. The van der Waals surface area contributed by atoms with E-state index in [0.717, 1.165) is 24.4 Å². The highest BCUT2D eigenvalue weighted by atomic mass is 19.1. The molecule has 0 spiro atoms. The van der Waals surface area contributed by atoms with Crippen molar-refractivity contribution in [3.63, 3.8) is 0 Å². The van der Waals surface area contributed by atoms with Crippen molar-refractivity contribution in [2.75, 3.05) is 6.54 Å². The molecule has 0 aromatic heterocycles. The van der Waals surface area contributed by atoms with Gasteiger partial charge in [0, 0.05) is 6.04 Å². The molecule has 0 radical (unpaired) electrons. The molecule has 1 nitrogen and oxygen atoms in total. The van der Waals surface area contributed by atoms with Gasteiger partial charge in [-0.3, -0.25) is 0 Å². The van der Waals surface area contributed by atoms with Crippen LogP contribution in [0, 0.1) is 18.7 Å². The zero-order valence-electron chi connectivity index (χ0n) is 10.1. The molecule has 0 aliphatic heterocycles. The van der Waals surface area contributed by atoms with Crippen LogP contribution in [-0.2, 0) is 6.42 Å². The molecule has 2 rings (SSSR count). The maximum atomic E-state index is 13.0. The van der Waals surface area contributed by atoms with Crippen molar-refractivity contribution in [2.24, 2.45) is 5.92 Å². The van der Waals surface area contributed by atoms with E-state index in [9.17, 15) is 4.39 Å². The van der Waals surface area contributed by atoms with Gasteiger partial charge < -0.3 is 5.32 Å². The van der Waals surface area contributed by atoms with Gasteiger partial charge in [-0.25, -0.2) is 4.39 Å². The predicted molar refractivity (Wildman–Crippen MR) is 65.0 cm³/mol. The first-order valence-corrected chi connectivity index (χ1v) is 6.19. The van der Waals surface area contributed by atoms with Crippen LogP contribution in [-0.4, -0.2) is 12.6 Å². The van der Waals surface area contributed by atoms with Crippen LogP contribution in [0.5, 0.6) is 0 Å². The Bertz CT molecular complexity index is 358. The van der Waals surface area contributed by atoms with Crippen LogP contribution in [0.4, 0.5) is 4.39 Å². The van der Waals surface area contributed by atoms with Crippen molar-refractivity contribution in [3.8, 4) is 0 Å². The number of aryl methyl sites for hydroxylation is 1. The standard InChI is InChI=1S/C14H20FN/c1-3-16-14(11-4-5-11)9-12-6-7-13(15)8-10(12)2/h6-8,11,14,16H,3-5,9H2,1-2H3. The van der Waals surface area contributed by atoms with Crippen LogP contribution in [0.15, 0.2) is 18.2 Å². The third kappa shape index (κ3) is 2.82. The summed E-state index contributed by atoms with van der Waals surface area (Å²) in [6, 6.07) is 5.70. The summed E-state index contributed by atoms with van der Waals surface area (Å²) < 4.78 is 13.0. The average molecular weight is 221 g/mol. The van der Waals surface area contributed by atoms with Gasteiger partial charge in [-0.15, -0.1) is 0 Å². The van der Waals surface area contributed by atoms with Gasteiger partial charge in [-0.1, -0.05) is 13.0 Å². The molecule has 0 bridgehead atoms. The molecule has 2 heteroatoms. The number of likely N-dealkylation sites (N-methyl/N-ethyl adjacent to an activating group) is 1. The lowest BCUT2D eigenvalue weighted by Gasteiger charge is -2.18. The monoisotopic (exact) mass is 221 g/mol. The van der Waals surface area contributed by atoms with Crippen LogP contribution >= 0.6 is 0 Å². The Kier molecular flexibility index (Phi) is 3.59. The zero-order valence-corrected chi connectivity index (χ0v) is 10.1. The molecule has 1 aliphatic rings. The fourth-order valence-corrected chi connectivity index (χ4v) is 2.29. The van der Waals surface area contributed by atoms with E-state index in [1.165, 1.54) is 18.4 Å². The minimum absolute atomic E-state index is 0.132. The number of rotatable bonds is 5. The van der Waals surface area contributed by atoms with Gasteiger partial charge in [0.1, 0.15) is 5.82 Å². The van der Waals surface area contributed by atoms with Gasteiger partial charge in [-0.2, -0.15) is 0 Å². The van der Waals surface area contributed by atoms with Gasteiger partial charge >= 0.3 is 0 Å². The second kappa shape index (κ2) is 4.96. The molecular formula is C14H20FN. The molecule has 16 heavy (non-hydrogen) atoms. The Morgan fingerprint density at radius 3 is 2.75 bits per heavy atom. The zero-order chi connectivity index (χ0) is 11.5. The molecule has 1 aliphatic carbocycles. The summed E-state index contributed by atoms with van der Waals surface area (Å²) in [6.45, 7) is 5.16. The summed E-state index contributed by atoms with van der Waals surface area (Å²) in [4.78, 5) is 0. The van der Waals surface area contributed by atoms with E-state index < -0.39 is 0 Å². The maximum Gasteiger partial charge on any atom is 0.123 e. The number of halogens is 1. The van der Waals surface area contributed by atoms with Gasteiger partial charge in [0.25, 0.3) is 0 Å². The third-order valence-corrected chi connectivity index (χ3v) is 3.40. The SMILES string of the molecule is CCNC(Cc1ccc(F)cc1C)C1CC1. The number of benzene rings is 1. The van der Waals surface area contributed by atoms with Crippen molar-refractivity contribution in [1.29, 1.82) is 0 Å². The predicted octanol–water partition coefficient (Wildman–Crippen LogP) is 3.06. The summed E-state index contributed by atoms with van der Waals surface area (Å²) in [5.74, 6) is 0.706. The minimum atomic E-state index is -0.132. The van der Waals surface area contributed by atoms with Crippen molar-refractivity contribution < 1.29 is 4.39 Å². The largest absolute Gasteiger partial charge is 0.314 e. The highest BCUT2D eigenvalue weighted by Crippen LogP contribution is 2.34. The van der Waals surface area contributed by atoms with Gasteiger partial charge in [0.2, 0.25) is 0 Å². The summed E-state index contributed by atoms with van der Waals surface area (Å²) in [6.07, 6.45) is 3.72. The Morgan fingerprint density at radius 2 is 2.19 bits per heavy atom. The van der Waals surface area contributed by atoms with E-state index in [-0.39, 0.29) is 5.82 Å². The average Bonchev–Trinajstić information content (AvgIpc) is 3.04. The third-order valence-electron chi connectivity index (χ3n) is 3.40. The van der Waals surface area contributed by atoms with Crippen LogP contribution in [0.2, 0.25) is 0 Å². The molecule has 0 heterocycles. The van der Waals surface area contributed by atoms with Crippen molar-refractivity contribution >= 4 is 0 Å². The van der Waals surface area contributed by atoms with Crippen LogP contribution in [0.1, 0.15) is 30.9 Å². The summed E-state index contributed by atoms with van der Waals surface area (Å²) in [5, 5.41) is 3.54. The Balaban J connectivity index is 2.05. The molecule has 1 aromatic carbocycles. The van der Waals surface area contributed by atoms with Gasteiger partial charge in [0.15, 0.2) is 0 Å². The Labute approximate surface area is 97.1 Å². The van der Waals surface area contributed by atoms with Crippen molar-refractivity contribution in [2.45, 2.75) is 39.2 Å². The van der Waals surface area contributed by atoms with E-state index in [4.69, 9.17) is 0 Å². The van der Waals surface area contributed by atoms with E-state index in [0.29, 0.717) is 6.04 Å². The highest BCUT2D eigenvalue weighted by molar-refractivity contribution is 5.27. The second-order valence-electron chi connectivity index (χ2n) is 4.78. The molecule has 1 aromatic rings. The van der Waals surface area contributed by atoms with E-state index in [2.05, 4.69) is 12.2 Å². The number of hydrogen-bond acceptors (Lipinski definition) is 1. The summed E-state index contributed by atoms with van der Waals surface area (Å²) >= 11 is 0. The van der Waals surface area contributed by atoms with Gasteiger partial charge in [0.05, 0.1) is 0 Å². The minimum Gasteiger partial charge on any atom is -0.314 e. The first-order chi connectivity index (χ1) is 7.70. The van der Waals surface area contributed by atoms with Crippen molar-refractivity contribution in [3.05, 3.63) is 35.1 Å². The molecule has 1 N–H and O–H groups in total. The van der Waals surface area contributed by atoms with E-state index in [1.54, 1.807) is 12.1 Å². The molecule has 1 saturated carbocycles. The van der Waals surface area contributed by atoms with Crippen LogP contribution < -0.4 is 5.32 Å². The Hall–Kier alpha value is -0.890. The lowest BCUT2D eigenvalue weighted by atomic mass is 9.98. The fraction of sp³-hybridized carbons (Fsp3) is 0.571. The molecule has 88 valence electrons. The number of hydrogen-bond donors (Lipinski definition) is 1. The molecule has 1 unspecified atom stereocenters. The second-order valence-corrected chi connectivity index (χ2v) is 4.78. The molecule has 1 atom stereocenters. The summed E-state index contributed by atoms with van der Waals surface area (Å²) in [7, 11) is 0. The fourth-order valence-electron chi connectivity index (χ4n) is 2.29. The van der Waals surface area contributed by atoms with Gasteiger partial charge in [-0.05, 0) is 61.9 Å². The first-order valence-electron chi connectivity index (χ1n) is 6.19. The van der Waals surface area contributed by atoms with E-state index >= 15 is 0 Å². The normalized spacial score (nSPS) is 17.4. The Morgan fingerprint density at radius 1 is 1.44 bits per heavy atom. The molecule has 1 fully saturated rings. The van der Waals surface area contributed by atoms with E-state index in [1.807, 2.05) is 13.0 Å². The highest BCUT2D eigenvalue weighted by Gasteiger charge is 2.30. The lowest BCUT2D eigenvalue weighted by molar-refractivity contribution is 0.471. The maximum absolute atomic E-state index is 13.0. The summed E-state index contributed by atoms with van der Waals surface area (Å²) in [5.41, 5.74) is 2.35. The smallest absolute Gasteiger partial charge is 0.123 e. The van der Waals surface area contributed by atoms with Crippen molar-refractivity contribution in [1.82, 2.24) is 5.32 Å². The first kappa shape index (κ1) is 11.6. The van der Waals surface area contributed by atoms with Crippen LogP contribution in [0.25, 0.3) is 0 Å². The number of nitrogens with one attached hydrogen (secondary N) is 1.